The molecule has 0 bridgehead atoms. The topological polar surface area (TPSA) is 51.0 Å². The molecule has 3 aromatic heterocycles. The van der Waals surface area contributed by atoms with Crippen molar-refractivity contribution >= 4 is 21.6 Å². The van der Waals surface area contributed by atoms with Gasteiger partial charge >= 0.3 is 0 Å². The predicted octanol–water partition coefficient (Wildman–Crippen LogP) is 3.85. The zero-order valence-corrected chi connectivity index (χ0v) is 18.0. The second-order valence-corrected chi connectivity index (χ2v) is 9.00. The molecule has 6 heteroatoms. The fourth-order valence-electron chi connectivity index (χ4n) is 4.28. The average Bonchev–Trinajstić information content (AvgIpc) is 3.10. The number of hydrogen-bond acceptors (Lipinski definition) is 5. The summed E-state index contributed by atoms with van der Waals surface area (Å²) in [7, 11) is 0. The van der Waals surface area contributed by atoms with E-state index in [2.05, 4.69) is 35.3 Å². The lowest BCUT2D eigenvalue weighted by Crippen LogP contribution is -2.39. The molecule has 0 aliphatic heterocycles. The van der Waals surface area contributed by atoms with Crippen LogP contribution in [0.15, 0.2) is 47.7 Å². The molecule has 0 saturated heterocycles. The lowest BCUT2D eigenvalue weighted by atomic mass is 9.92. The third-order valence-corrected chi connectivity index (χ3v) is 6.90. The first-order valence-corrected chi connectivity index (χ1v) is 11.2. The minimum absolute atomic E-state index is 0.0937. The first-order valence-electron chi connectivity index (χ1n) is 10.3. The summed E-state index contributed by atoms with van der Waals surface area (Å²) in [6.07, 6.45) is 7.26. The largest absolute Gasteiger partial charge is 0.298 e. The van der Waals surface area contributed by atoms with Gasteiger partial charge in [0.25, 0.3) is 5.56 Å². The molecule has 0 spiro atoms. The number of likely N-dealkylation sites (N-methyl/N-ethyl adjacent to an activating group) is 1. The van der Waals surface area contributed by atoms with Crippen molar-refractivity contribution in [3.8, 4) is 0 Å². The van der Waals surface area contributed by atoms with Gasteiger partial charge in [-0.2, -0.15) is 0 Å². The fourth-order valence-corrected chi connectivity index (χ4v) is 5.53. The van der Waals surface area contributed by atoms with E-state index in [0.717, 1.165) is 54.7 Å². The molecule has 0 fully saturated rings. The van der Waals surface area contributed by atoms with Gasteiger partial charge in [0.1, 0.15) is 4.83 Å². The van der Waals surface area contributed by atoms with Crippen LogP contribution in [-0.4, -0.2) is 38.6 Å². The summed E-state index contributed by atoms with van der Waals surface area (Å²) in [6.45, 7) is 11.0. The molecule has 4 rings (SSSR count). The minimum atomic E-state index is 0.0937. The van der Waals surface area contributed by atoms with Crippen molar-refractivity contribution in [3.63, 3.8) is 0 Å². The van der Waals surface area contributed by atoms with Crippen molar-refractivity contribution in [2.45, 2.75) is 52.1 Å². The summed E-state index contributed by atoms with van der Waals surface area (Å²) in [5, 5.41) is 0.843. The Labute approximate surface area is 175 Å². The van der Waals surface area contributed by atoms with Crippen molar-refractivity contribution in [2.24, 2.45) is 0 Å². The molecule has 5 nitrogen and oxygen atoms in total. The Bertz CT molecular complexity index is 1070. The smallest absolute Gasteiger partial charge is 0.262 e. The molecule has 0 saturated carbocycles. The summed E-state index contributed by atoms with van der Waals surface area (Å²) in [4.78, 5) is 26.9. The standard InChI is InChI=1S/C23H28N4OS/c1-4-26(14-16(2)3)18-8-9-19-20(13-18)29-22-21(19)23(28)27(15-25-22)12-10-17-7-5-6-11-24-17/h5-7,11,15,18H,2,4,8-10,12-14H2,1,3H3/t18-/m0/s1. The number of thiophene rings is 1. The summed E-state index contributed by atoms with van der Waals surface area (Å²) in [5.41, 5.74) is 3.52. The van der Waals surface area contributed by atoms with Gasteiger partial charge in [-0.3, -0.25) is 19.2 Å². The number of aromatic nitrogens is 3. The molecule has 0 amide bonds. The van der Waals surface area contributed by atoms with Crippen LogP contribution in [0.25, 0.3) is 10.2 Å². The molecule has 3 aromatic rings. The molecular weight excluding hydrogens is 380 g/mol. The molecule has 152 valence electrons. The molecule has 3 heterocycles. The number of rotatable bonds is 7. The van der Waals surface area contributed by atoms with E-state index in [1.165, 1.54) is 16.0 Å². The average molecular weight is 409 g/mol. The highest BCUT2D eigenvalue weighted by Crippen LogP contribution is 2.35. The van der Waals surface area contributed by atoms with E-state index in [4.69, 9.17) is 0 Å². The maximum absolute atomic E-state index is 13.2. The van der Waals surface area contributed by atoms with Gasteiger partial charge in [0.2, 0.25) is 0 Å². The highest BCUT2D eigenvalue weighted by atomic mass is 32.1. The van der Waals surface area contributed by atoms with Crippen LogP contribution in [0.4, 0.5) is 0 Å². The maximum atomic E-state index is 13.2. The lowest BCUT2D eigenvalue weighted by Gasteiger charge is -2.33. The number of nitrogens with zero attached hydrogens (tertiary/aromatic N) is 4. The van der Waals surface area contributed by atoms with Crippen LogP contribution in [0.2, 0.25) is 0 Å². The maximum Gasteiger partial charge on any atom is 0.262 e. The number of hydrogen-bond donors (Lipinski definition) is 0. The van der Waals surface area contributed by atoms with E-state index in [1.807, 2.05) is 18.2 Å². The Morgan fingerprint density at radius 1 is 1.38 bits per heavy atom. The molecule has 29 heavy (non-hydrogen) atoms. The highest BCUT2D eigenvalue weighted by Gasteiger charge is 2.28. The van der Waals surface area contributed by atoms with Crippen LogP contribution >= 0.6 is 11.3 Å². The van der Waals surface area contributed by atoms with Crippen LogP contribution < -0.4 is 5.56 Å². The molecule has 1 aliphatic carbocycles. The Kier molecular flexibility index (Phi) is 5.92. The predicted molar refractivity (Wildman–Crippen MR) is 120 cm³/mol. The SMILES string of the molecule is C=C(C)CN(CC)[C@H]1CCc2c(sc3ncn(CCc4ccccn4)c(=O)c23)C1. The summed E-state index contributed by atoms with van der Waals surface area (Å²) in [5.74, 6) is 0. The van der Waals surface area contributed by atoms with Crippen LogP contribution in [0.5, 0.6) is 0 Å². The van der Waals surface area contributed by atoms with Gasteiger partial charge in [0.05, 0.1) is 11.7 Å². The Hall–Kier alpha value is -2.31. The van der Waals surface area contributed by atoms with Gasteiger partial charge in [-0.15, -0.1) is 11.3 Å². The molecule has 0 unspecified atom stereocenters. The van der Waals surface area contributed by atoms with Crippen molar-refractivity contribution in [3.05, 3.63) is 69.4 Å². The van der Waals surface area contributed by atoms with E-state index < -0.39 is 0 Å². The third-order valence-electron chi connectivity index (χ3n) is 5.74. The van der Waals surface area contributed by atoms with E-state index in [-0.39, 0.29) is 5.56 Å². The van der Waals surface area contributed by atoms with Gasteiger partial charge in [0, 0.05) is 42.3 Å². The Morgan fingerprint density at radius 3 is 2.97 bits per heavy atom. The van der Waals surface area contributed by atoms with E-state index >= 15 is 0 Å². The minimum Gasteiger partial charge on any atom is -0.298 e. The lowest BCUT2D eigenvalue weighted by molar-refractivity contribution is 0.206. The highest BCUT2D eigenvalue weighted by molar-refractivity contribution is 7.18. The molecule has 0 radical (unpaired) electrons. The number of pyridine rings is 1. The Morgan fingerprint density at radius 2 is 2.24 bits per heavy atom. The number of aryl methyl sites for hydroxylation is 3. The van der Waals surface area contributed by atoms with Crippen molar-refractivity contribution < 1.29 is 0 Å². The second kappa shape index (κ2) is 8.59. The zero-order valence-electron chi connectivity index (χ0n) is 17.2. The second-order valence-electron chi connectivity index (χ2n) is 7.91. The van der Waals surface area contributed by atoms with Gasteiger partial charge in [0.15, 0.2) is 0 Å². The Balaban J connectivity index is 1.59. The van der Waals surface area contributed by atoms with Crippen LogP contribution in [0, 0.1) is 0 Å². The van der Waals surface area contributed by atoms with Gasteiger partial charge in [-0.1, -0.05) is 25.1 Å². The molecular formula is C23H28N4OS. The first-order chi connectivity index (χ1) is 14.1. The van der Waals surface area contributed by atoms with Crippen molar-refractivity contribution in [1.82, 2.24) is 19.4 Å². The van der Waals surface area contributed by atoms with Gasteiger partial charge < -0.3 is 0 Å². The van der Waals surface area contributed by atoms with Crippen molar-refractivity contribution in [2.75, 3.05) is 13.1 Å². The fraction of sp³-hybridized carbons (Fsp3) is 0.435. The summed E-state index contributed by atoms with van der Waals surface area (Å²) >= 11 is 1.70. The number of fused-ring (bicyclic) bond motifs is 3. The molecule has 1 aliphatic rings. The summed E-state index contributed by atoms with van der Waals surface area (Å²) in [6, 6.07) is 6.40. The van der Waals surface area contributed by atoms with Crippen molar-refractivity contribution in [1.29, 1.82) is 0 Å². The van der Waals surface area contributed by atoms with E-state index in [0.29, 0.717) is 12.6 Å². The quantitative estimate of drug-likeness (QED) is 0.557. The first kappa shape index (κ1) is 20.0. The van der Waals surface area contributed by atoms with Crippen LogP contribution in [0.1, 0.15) is 36.4 Å². The molecule has 0 aromatic carbocycles. The normalized spacial score (nSPS) is 16.3. The van der Waals surface area contributed by atoms with Crippen LogP contribution in [0.3, 0.4) is 0 Å². The zero-order chi connectivity index (χ0) is 20.4. The summed E-state index contributed by atoms with van der Waals surface area (Å²) < 4.78 is 1.75. The monoisotopic (exact) mass is 408 g/mol. The van der Waals surface area contributed by atoms with E-state index in [9.17, 15) is 4.79 Å². The third kappa shape index (κ3) is 4.19. The van der Waals surface area contributed by atoms with Gasteiger partial charge in [-0.05, 0) is 50.4 Å². The van der Waals surface area contributed by atoms with Gasteiger partial charge in [-0.25, -0.2) is 4.98 Å². The molecule has 1 atom stereocenters. The van der Waals surface area contributed by atoms with Crippen LogP contribution in [-0.2, 0) is 25.8 Å². The molecule has 0 N–H and O–H groups in total. The van der Waals surface area contributed by atoms with E-state index in [1.54, 1.807) is 28.4 Å².